The van der Waals surface area contributed by atoms with Gasteiger partial charge < -0.3 is 4.74 Å². The standard InChI is InChI=1S/C10H7F5O/c1-2-7-3-5-8(6-4-7)16-10(14,15)9(11,12)13/h2-6H,1H2. The molecular weight excluding hydrogens is 231 g/mol. The zero-order valence-electron chi connectivity index (χ0n) is 7.89. The Morgan fingerprint density at radius 2 is 1.50 bits per heavy atom. The van der Waals surface area contributed by atoms with Crippen LogP contribution in [0.15, 0.2) is 30.8 Å². The molecule has 1 aromatic rings. The predicted octanol–water partition coefficient (Wildman–Crippen LogP) is 3.86. The van der Waals surface area contributed by atoms with Crippen molar-refractivity contribution in [3.05, 3.63) is 36.4 Å². The second-order valence-electron chi connectivity index (χ2n) is 2.89. The van der Waals surface area contributed by atoms with Crippen molar-refractivity contribution in [3.8, 4) is 5.75 Å². The molecule has 0 spiro atoms. The van der Waals surface area contributed by atoms with Crippen LogP contribution in [0.1, 0.15) is 5.56 Å². The first kappa shape index (κ1) is 12.5. The minimum absolute atomic E-state index is 0.562. The van der Waals surface area contributed by atoms with E-state index in [2.05, 4.69) is 11.3 Å². The summed E-state index contributed by atoms with van der Waals surface area (Å²) in [5.74, 6) is -0.562. The molecule has 88 valence electrons. The summed E-state index contributed by atoms with van der Waals surface area (Å²) in [6.07, 6.45) is -9.50. The first-order valence-electron chi connectivity index (χ1n) is 4.12. The Bertz CT molecular complexity index is 366. The van der Waals surface area contributed by atoms with E-state index in [0.29, 0.717) is 5.56 Å². The SMILES string of the molecule is C=Cc1ccc(OC(F)(F)C(F)(F)F)cc1. The fourth-order valence-corrected chi connectivity index (χ4v) is 0.878. The van der Waals surface area contributed by atoms with Gasteiger partial charge in [0.2, 0.25) is 0 Å². The molecule has 6 heteroatoms. The van der Waals surface area contributed by atoms with Crippen molar-refractivity contribution in [2.45, 2.75) is 12.3 Å². The summed E-state index contributed by atoms with van der Waals surface area (Å²) in [4.78, 5) is 0. The van der Waals surface area contributed by atoms with Gasteiger partial charge in [0.1, 0.15) is 5.75 Å². The average molecular weight is 238 g/mol. The summed E-state index contributed by atoms with van der Waals surface area (Å²) in [5, 5.41) is 0. The van der Waals surface area contributed by atoms with Gasteiger partial charge in [-0.3, -0.25) is 0 Å². The molecule has 0 fully saturated rings. The molecule has 0 aliphatic carbocycles. The zero-order chi connectivity index (χ0) is 12.4. The first-order valence-corrected chi connectivity index (χ1v) is 4.12. The second kappa shape index (κ2) is 4.11. The largest absolute Gasteiger partial charge is 0.499 e. The predicted molar refractivity (Wildman–Crippen MR) is 48.2 cm³/mol. The number of hydrogen-bond acceptors (Lipinski definition) is 1. The van der Waals surface area contributed by atoms with Crippen LogP contribution in [0, 0.1) is 0 Å². The van der Waals surface area contributed by atoms with Crippen LogP contribution >= 0.6 is 0 Å². The normalized spacial score (nSPS) is 12.3. The lowest BCUT2D eigenvalue weighted by Gasteiger charge is -2.20. The highest BCUT2D eigenvalue weighted by atomic mass is 19.4. The van der Waals surface area contributed by atoms with Gasteiger partial charge in [0.25, 0.3) is 0 Å². The topological polar surface area (TPSA) is 9.23 Å². The number of hydrogen-bond donors (Lipinski definition) is 0. The van der Waals surface area contributed by atoms with Crippen LogP contribution < -0.4 is 4.74 Å². The fraction of sp³-hybridized carbons (Fsp3) is 0.200. The van der Waals surface area contributed by atoms with Gasteiger partial charge in [-0.05, 0) is 17.7 Å². The molecule has 0 saturated carbocycles. The van der Waals surface area contributed by atoms with Gasteiger partial charge in [0.15, 0.2) is 0 Å². The van der Waals surface area contributed by atoms with E-state index in [-0.39, 0.29) is 0 Å². The highest BCUT2D eigenvalue weighted by Gasteiger charge is 2.61. The third kappa shape index (κ3) is 2.71. The molecule has 0 heterocycles. The molecule has 0 saturated heterocycles. The fourth-order valence-electron chi connectivity index (χ4n) is 0.878. The molecule has 1 nitrogen and oxygen atoms in total. The van der Waals surface area contributed by atoms with Crippen LogP contribution in [0.2, 0.25) is 0 Å². The zero-order valence-corrected chi connectivity index (χ0v) is 7.89. The Balaban J connectivity index is 2.84. The van der Waals surface area contributed by atoms with E-state index in [4.69, 9.17) is 0 Å². The molecule has 0 aliphatic heterocycles. The van der Waals surface area contributed by atoms with Crippen LogP contribution in [0.4, 0.5) is 22.0 Å². The van der Waals surface area contributed by atoms with Gasteiger partial charge >= 0.3 is 12.3 Å². The van der Waals surface area contributed by atoms with Gasteiger partial charge in [-0.25, -0.2) is 0 Å². The Morgan fingerprint density at radius 3 is 1.88 bits per heavy atom. The number of alkyl halides is 5. The van der Waals surface area contributed by atoms with E-state index in [1.54, 1.807) is 0 Å². The molecule has 0 N–H and O–H groups in total. The van der Waals surface area contributed by atoms with Crippen molar-refractivity contribution in [3.63, 3.8) is 0 Å². The summed E-state index contributed by atoms with van der Waals surface area (Å²) >= 11 is 0. The van der Waals surface area contributed by atoms with Gasteiger partial charge in [-0.15, -0.1) is 0 Å². The van der Waals surface area contributed by atoms with Crippen LogP contribution in [0.5, 0.6) is 5.75 Å². The maximum absolute atomic E-state index is 12.4. The van der Waals surface area contributed by atoms with Crippen LogP contribution in [0.25, 0.3) is 6.08 Å². The van der Waals surface area contributed by atoms with Crippen molar-refractivity contribution in [2.75, 3.05) is 0 Å². The van der Waals surface area contributed by atoms with E-state index in [1.807, 2.05) is 0 Å². The smallest absolute Gasteiger partial charge is 0.426 e. The van der Waals surface area contributed by atoms with Crippen molar-refractivity contribution in [1.82, 2.24) is 0 Å². The minimum Gasteiger partial charge on any atom is -0.426 e. The number of rotatable bonds is 3. The molecule has 0 aliphatic rings. The van der Waals surface area contributed by atoms with Crippen molar-refractivity contribution >= 4 is 6.08 Å². The molecule has 0 aromatic heterocycles. The van der Waals surface area contributed by atoms with E-state index in [1.165, 1.54) is 18.2 Å². The number of halogens is 5. The Kier molecular flexibility index (Phi) is 3.21. The highest BCUT2D eigenvalue weighted by molar-refractivity contribution is 5.48. The minimum atomic E-state index is -5.73. The lowest BCUT2D eigenvalue weighted by atomic mass is 10.2. The highest BCUT2D eigenvalue weighted by Crippen LogP contribution is 2.37. The maximum Gasteiger partial charge on any atom is 0.499 e. The monoisotopic (exact) mass is 238 g/mol. The Hall–Kier alpha value is -1.59. The van der Waals surface area contributed by atoms with Gasteiger partial charge in [0, 0.05) is 0 Å². The van der Waals surface area contributed by atoms with Gasteiger partial charge in [-0.1, -0.05) is 24.8 Å². The maximum atomic E-state index is 12.4. The molecular formula is C10H7F5O. The second-order valence-corrected chi connectivity index (χ2v) is 2.89. The van der Waals surface area contributed by atoms with Crippen molar-refractivity contribution < 1.29 is 26.7 Å². The lowest BCUT2D eigenvalue weighted by Crippen LogP contribution is -2.41. The summed E-state index contributed by atoms with van der Waals surface area (Å²) in [6, 6.07) is 4.65. The van der Waals surface area contributed by atoms with Crippen LogP contribution in [0.3, 0.4) is 0 Å². The van der Waals surface area contributed by atoms with Gasteiger partial charge in [0.05, 0.1) is 0 Å². The van der Waals surface area contributed by atoms with E-state index in [0.717, 1.165) is 12.1 Å². The third-order valence-electron chi connectivity index (χ3n) is 1.69. The molecule has 0 unspecified atom stereocenters. The third-order valence-corrected chi connectivity index (χ3v) is 1.69. The molecule has 0 radical (unpaired) electrons. The Labute approximate surface area is 88.1 Å². The Morgan fingerprint density at radius 1 is 1.00 bits per heavy atom. The molecule has 0 atom stereocenters. The molecule has 0 bridgehead atoms. The summed E-state index contributed by atoms with van der Waals surface area (Å²) in [5.41, 5.74) is 0.586. The van der Waals surface area contributed by atoms with Crippen LogP contribution in [-0.4, -0.2) is 12.3 Å². The quantitative estimate of drug-likeness (QED) is 0.726. The summed E-state index contributed by atoms with van der Waals surface area (Å²) < 4.78 is 63.8. The van der Waals surface area contributed by atoms with Crippen molar-refractivity contribution in [1.29, 1.82) is 0 Å². The molecule has 1 aromatic carbocycles. The molecule has 16 heavy (non-hydrogen) atoms. The first-order chi connectivity index (χ1) is 7.26. The lowest BCUT2D eigenvalue weighted by molar-refractivity contribution is -0.360. The van der Waals surface area contributed by atoms with Crippen molar-refractivity contribution in [2.24, 2.45) is 0 Å². The number of ether oxygens (including phenoxy) is 1. The van der Waals surface area contributed by atoms with Gasteiger partial charge in [-0.2, -0.15) is 22.0 Å². The summed E-state index contributed by atoms with van der Waals surface area (Å²) in [7, 11) is 0. The van der Waals surface area contributed by atoms with E-state index >= 15 is 0 Å². The molecule has 0 amide bonds. The van der Waals surface area contributed by atoms with E-state index in [9.17, 15) is 22.0 Å². The number of benzene rings is 1. The van der Waals surface area contributed by atoms with E-state index < -0.39 is 18.0 Å². The molecule has 1 rings (SSSR count). The van der Waals surface area contributed by atoms with Crippen LogP contribution in [-0.2, 0) is 0 Å². The average Bonchev–Trinajstić information content (AvgIpc) is 2.16. The summed E-state index contributed by atoms with van der Waals surface area (Å²) in [6.45, 7) is 3.41.